The number of hydrogen-bond acceptors (Lipinski definition) is 1. The third-order valence-corrected chi connectivity index (χ3v) is 10.0. The van der Waals surface area contributed by atoms with E-state index in [1.807, 2.05) is 0 Å². The van der Waals surface area contributed by atoms with Gasteiger partial charge in [0.2, 0.25) is 0 Å². The quantitative estimate of drug-likeness (QED) is 0.493. The molecule has 0 amide bonds. The Morgan fingerprint density at radius 1 is 0.931 bits per heavy atom. The molecular formula is C28H44O. The summed E-state index contributed by atoms with van der Waals surface area (Å²) in [5.74, 6) is 4.38. The average Bonchev–Trinajstić information content (AvgIpc) is 3.03. The van der Waals surface area contributed by atoms with Gasteiger partial charge in [0.05, 0.1) is 6.10 Å². The molecule has 4 aliphatic rings. The largest absolute Gasteiger partial charge is 0.393 e. The van der Waals surface area contributed by atoms with E-state index in [9.17, 15) is 5.11 Å². The van der Waals surface area contributed by atoms with Gasteiger partial charge < -0.3 is 5.11 Å². The fourth-order valence-electron chi connectivity index (χ4n) is 7.59. The SMILES string of the molecule is CC(C)[C@@H](C)/C=C/[C@@H](C)[C@@H]1CC[C@@H]2C3=CC=C4C[C@H](O)CC[C@@]4(C)[C@H]3CC[C@@]21C. The summed E-state index contributed by atoms with van der Waals surface area (Å²) in [6.07, 6.45) is 18.4. The summed E-state index contributed by atoms with van der Waals surface area (Å²) in [6.45, 7) is 14.6. The van der Waals surface area contributed by atoms with Crippen molar-refractivity contribution in [1.82, 2.24) is 0 Å². The van der Waals surface area contributed by atoms with Crippen molar-refractivity contribution in [3.63, 3.8) is 0 Å². The lowest BCUT2D eigenvalue weighted by Gasteiger charge is -2.55. The molecule has 4 rings (SSSR count). The van der Waals surface area contributed by atoms with Gasteiger partial charge in [-0.25, -0.2) is 0 Å². The van der Waals surface area contributed by atoms with E-state index in [1.54, 1.807) is 5.57 Å². The molecule has 3 fully saturated rings. The summed E-state index contributed by atoms with van der Waals surface area (Å²) < 4.78 is 0. The van der Waals surface area contributed by atoms with E-state index in [1.165, 1.54) is 37.7 Å². The molecule has 0 aromatic heterocycles. The first kappa shape index (κ1) is 21.4. The highest BCUT2D eigenvalue weighted by molar-refractivity contribution is 5.39. The number of allylic oxidation sites excluding steroid dienone is 5. The standard InChI is InChI=1S/C28H44O/c1-18(2)19(3)7-8-20(4)24-11-12-25-23-10-9-21-17-22(29)13-15-27(21,5)26(23)14-16-28(24,25)6/h7-10,18-20,22,24-26,29H,11-17H2,1-6H3/b8-7+/t19-,20+,22+,24-,25+,26-,27+,28+/m0/s1. The van der Waals surface area contributed by atoms with E-state index in [4.69, 9.17) is 0 Å². The lowest BCUT2D eigenvalue weighted by Crippen LogP contribution is -2.46. The lowest BCUT2D eigenvalue weighted by molar-refractivity contribution is 0.0382. The minimum absolute atomic E-state index is 0.116. The van der Waals surface area contributed by atoms with Crippen LogP contribution in [-0.2, 0) is 0 Å². The van der Waals surface area contributed by atoms with Crippen molar-refractivity contribution >= 4 is 0 Å². The zero-order valence-corrected chi connectivity index (χ0v) is 19.7. The average molecular weight is 397 g/mol. The molecule has 162 valence electrons. The molecule has 1 N–H and O–H groups in total. The van der Waals surface area contributed by atoms with Crippen molar-refractivity contribution in [2.45, 2.75) is 92.6 Å². The van der Waals surface area contributed by atoms with Crippen LogP contribution in [0.4, 0.5) is 0 Å². The van der Waals surface area contributed by atoms with Gasteiger partial charge in [-0.1, -0.05) is 77.0 Å². The predicted molar refractivity (Wildman–Crippen MR) is 123 cm³/mol. The van der Waals surface area contributed by atoms with Crippen LogP contribution in [0.3, 0.4) is 0 Å². The lowest BCUT2D eigenvalue weighted by atomic mass is 9.50. The monoisotopic (exact) mass is 396 g/mol. The third kappa shape index (κ3) is 3.50. The molecule has 1 nitrogen and oxygen atoms in total. The van der Waals surface area contributed by atoms with Crippen molar-refractivity contribution in [3.8, 4) is 0 Å². The van der Waals surface area contributed by atoms with Crippen LogP contribution in [-0.4, -0.2) is 11.2 Å². The van der Waals surface area contributed by atoms with Gasteiger partial charge in [0, 0.05) is 0 Å². The second-order valence-corrected chi connectivity index (χ2v) is 11.9. The maximum absolute atomic E-state index is 10.2. The summed E-state index contributed by atoms with van der Waals surface area (Å²) in [5, 5.41) is 10.2. The molecule has 8 atom stereocenters. The Hall–Kier alpha value is -0.820. The van der Waals surface area contributed by atoms with Gasteiger partial charge in [-0.05, 0) is 91.3 Å². The maximum Gasteiger partial charge on any atom is 0.0578 e. The molecule has 0 radical (unpaired) electrons. The van der Waals surface area contributed by atoms with E-state index in [2.05, 4.69) is 65.8 Å². The summed E-state index contributed by atoms with van der Waals surface area (Å²) >= 11 is 0. The third-order valence-electron chi connectivity index (χ3n) is 10.0. The zero-order chi connectivity index (χ0) is 21.0. The number of aliphatic hydroxyl groups excluding tert-OH is 1. The number of aliphatic hydroxyl groups is 1. The molecule has 0 heterocycles. The molecule has 3 saturated carbocycles. The topological polar surface area (TPSA) is 20.2 Å². The molecule has 0 aliphatic heterocycles. The molecule has 0 spiro atoms. The van der Waals surface area contributed by atoms with Crippen molar-refractivity contribution in [1.29, 1.82) is 0 Å². The first-order chi connectivity index (χ1) is 13.7. The van der Waals surface area contributed by atoms with E-state index in [-0.39, 0.29) is 6.10 Å². The number of hydrogen-bond donors (Lipinski definition) is 1. The Morgan fingerprint density at radius 2 is 1.69 bits per heavy atom. The van der Waals surface area contributed by atoms with E-state index < -0.39 is 0 Å². The van der Waals surface area contributed by atoms with Crippen LogP contribution in [0.1, 0.15) is 86.5 Å². The van der Waals surface area contributed by atoms with Gasteiger partial charge in [-0.3, -0.25) is 0 Å². The van der Waals surface area contributed by atoms with Crippen molar-refractivity contribution in [2.24, 2.45) is 46.3 Å². The zero-order valence-electron chi connectivity index (χ0n) is 19.7. The van der Waals surface area contributed by atoms with Gasteiger partial charge in [0.15, 0.2) is 0 Å². The van der Waals surface area contributed by atoms with Crippen molar-refractivity contribution in [2.75, 3.05) is 0 Å². The van der Waals surface area contributed by atoms with Crippen LogP contribution in [0, 0.1) is 46.3 Å². The first-order valence-electron chi connectivity index (χ1n) is 12.4. The number of rotatable bonds is 4. The minimum atomic E-state index is -0.116. The molecule has 0 unspecified atom stereocenters. The van der Waals surface area contributed by atoms with Gasteiger partial charge in [-0.2, -0.15) is 0 Å². The van der Waals surface area contributed by atoms with E-state index >= 15 is 0 Å². The second kappa shape index (κ2) is 7.70. The molecule has 0 bridgehead atoms. The highest BCUT2D eigenvalue weighted by Gasteiger charge is 2.56. The van der Waals surface area contributed by atoms with Gasteiger partial charge in [-0.15, -0.1) is 0 Å². The Bertz CT molecular complexity index is 712. The van der Waals surface area contributed by atoms with Crippen LogP contribution in [0.15, 0.2) is 35.5 Å². The Labute approximate surface area is 179 Å². The summed E-state index contributed by atoms with van der Waals surface area (Å²) in [4.78, 5) is 0. The molecule has 1 heteroatoms. The maximum atomic E-state index is 10.2. The Kier molecular flexibility index (Phi) is 5.69. The van der Waals surface area contributed by atoms with Crippen LogP contribution in [0.5, 0.6) is 0 Å². The van der Waals surface area contributed by atoms with Crippen LogP contribution in [0.25, 0.3) is 0 Å². The molecule has 0 saturated heterocycles. The predicted octanol–water partition coefficient (Wildman–Crippen LogP) is 7.33. The molecule has 0 aromatic carbocycles. The summed E-state index contributed by atoms with van der Waals surface area (Å²) in [7, 11) is 0. The molecule has 29 heavy (non-hydrogen) atoms. The summed E-state index contributed by atoms with van der Waals surface area (Å²) in [5.41, 5.74) is 4.07. The van der Waals surface area contributed by atoms with Crippen molar-refractivity contribution in [3.05, 3.63) is 35.5 Å². The van der Waals surface area contributed by atoms with Gasteiger partial charge in [0.1, 0.15) is 0 Å². The van der Waals surface area contributed by atoms with Crippen LogP contribution < -0.4 is 0 Å². The smallest absolute Gasteiger partial charge is 0.0578 e. The fraction of sp³-hybridized carbons (Fsp3) is 0.786. The second-order valence-electron chi connectivity index (χ2n) is 11.9. The van der Waals surface area contributed by atoms with Crippen molar-refractivity contribution < 1.29 is 5.11 Å². The highest BCUT2D eigenvalue weighted by atomic mass is 16.3. The number of fused-ring (bicyclic) bond motifs is 5. The molecular weight excluding hydrogens is 352 g/mol. The van der Waals surface area contributed by atoms with E-state index in [0.29, 0.717) is 22.7 Å². The molecule has 0 aromatic rings. The Morgan fingerprint density at radius 3 is 2.41 bits per heavy atom. The minimum Gasteiger partial charge on any atom is -0.393 e. The fourth-order valence-corrected chi connectivity index (χ4v) is 7.59. The van der Waals surface area contributed by atoms with Gasteiger partial charge >= 0.3 is 0 Å². The van der Waals surface area contributed by atoms with Crippen LogP contribution in [0.2, 0.25) is 0 Å². The Balaban J connectivity index is 1.57. The normalized spacial score (nSPS) is 44.0. The highest BCUT2D eigenvalue weighted by Crippen LogP contribution is 2.65. The van der Waals surface area contributed by atoms with Gasteiger partial charge in [0.25, 0.3) is 0 Å². The first-order valence-corrected chi connectivity index (χ1v) is 12.4. The molecule has 4 aliphatic carbocycles. The summed E-state index contributed by atoms with van der Waals surface area (Å²) in [6, 6.07) is 0. The van der Waals surface area contributed by atoms with E-state index in [0.717, 1.165) is 36.5 Å². The van der Waals surface area contributed by atoms with Crippen LogP contribution >= 0.6 is 0 Å².